The third kappa shape index (κ3) is 7.79. The number of nitrogens with one attached hydrogen (secondary N) is 3. The molecule has 0 radical (unpaired) electrons. The Bertz CT molecular complexity index is 1100. The first-order valence-corrected chi connectivity index (χ1v) is 12.1. The summed E-state index contributed by atoms with van der Waals surface area (Å²) >= 11 is 0. The number of hydrogen-bond donors (Lipinski definition) is 3. The number of hydrogen-bond acceptors (Lipinski definition) is 6. The lowest BCUT2D eigenvalue weighted by molar-refractivity contribution is 0.247. The lowest BCUT2D eigenvalue weighted by Gasteiger charge is -2.23. The largest absolute Gasteiger partial charge is 0.488 e. The van der Waals surface area contributed by atoms with Gasteiger partial charge in [0.1, 0.15) is 18.9 Å². The van der Waals surface area contributed by atoms with Gasteiger partial charge in [-0.05, 0) is 25.0 Å². The van der Waals surface area contributed by atoms with E-state index in [2.05, 4.69) is 10.6 Å². The molecule has 0 heterocycles. The molecule has 3 aromatic rings. The number of rotatable bonds is 11. The quantitative estimate of drug-likeness (QED) is 0.242. The van der Waals surface area contributed by atoms with Crippen molar-refractivity contribution < 1.29 is 23.7 Å². The first kappa shape index (κ1) is 27.2. The first-order valence-electron chi connectivity index (χ1n) is 12.1. The predicted molar refractivity (Wildman–Crippen MR) is 144 cm³/mol. The molecule has 2 amide bonds. The lowest BCUT2D eigenvalue weighted by Crippen LogP contribution is -2.41. The molecular weight excluding hydrogens is 472 g/mol. The highest BCUT2D eigenvalue weighted by Gasteiger charge is 2.25. The molecule has 37 heavy (non-hydrogen) atoms. The van der Waals surface area contributed by atoms with Gasteiger partial charge in [0.15, 0.2) is 29.0 Å². The number of carbonyl (C=O) groups excluding carboxylic acids is 1. The fraction of sp³-hybridized carbons (Fsp3) is 0.286. The van der Waals surface area contributed by atoms with Gasteiger partial charge >= 0.3 is 6.03 Å². The summed E-state index contributed by atoms with van der Waals surface area (Å²) in [5, 5.41) is 13.2. The van der Waals surface area contributed by atoms with Crippen molar-refractivity contribution >= 4 is 17.7 Å². The van der Waals surface area contributed by atoms with Crippen LogP contribution in [0.3, 0.4) is 0 Å². The number of anilines is 1. The van der Waals surface area contributed by atoms with Gasteiger partial charge in [0, 0.05) is 20.2 Å². The number of guanidine groups is 1. The summed E-state index contributed by atoms with van der Waals surface area (Å²) in [7, 11) is 3.32. The summed E-state index contributed by atoms with van der Waals surface area (Å²) in [4.78, 5) is 14.3. The van der Waals surface area contributed by atoms with Crippen LogP contribution in [0.4, 0.5) is 10.5 Å². The van der Waals surface area contributed by atoms with E-state index in [-0.39, 0.29) is 24.9 Å². The number of nitrogens with zero attached hydrogens (tertiary/aromatic N) is 1. The summed E-state index contributed by atoms with van der Waals surface area (Å²) in [6.07, 6.45) is 0. The molecule has 0 atom stereocenters. The van der Waals surface area contributed by atoms with E-state index in [4.69, 9.17) is 24.4 Å². The van der Waals surface area contributed by atoms with Crippen LogP contribution in [0.2, 0.25) is 0 Å². The summed E-state index contributed by atoms with van der Waals surface area (Å²) in [6, 6.07) is 20.5. The van der Waals surface area contributed by atoms with Crippen LogP contribution in [0, 0.1) is 5.41 Å². The van der Waals surface area contributed by atoms with Crippen molar-refractivity contribution in [3.05, 3.63) is 77.9 Å². The minimum absolute atomic E-state index is 0.0783. The molecule has 0 saturated heterocycles. The smallest absolute Gasteiger partial charge is 0.326 e. The Balaban J connectivity index is 2.04. The summed E-state index contributed by atoms with van der Waals surface area (Å²) in [6.45, 7) is 4.88. The zero-order valence-electron chi connectivity index (χ0n) is 21.7. The van der Waals surface area contributed by atoms with Crippen LogP contribution in [0.15, 0.2) is 66.7 Å². The number of amides is 2. The number of urea groups is 1. The normalized spacial score (nSPS) is 10.3. The molecule has 0 aliphatic carbocycles. The molecule has 3 aromatic carbocycles. The average molecular weight is 507 g/mol. The highest BCUT2D eigenvalue weighted by Crippen LogP contribution is 2.49. The van der Waals surface area contributed by atoms with Gasteiger partial charge in [0.2, 0.25) is 0 Å². The fourth-order valence-electron chi connectivity index (χ4n) is 3.34. The van der Waals surface area contributed by atoms with Gasteiger partial charge in [0.25, 0.3) is 0 Å². The van der Waals surface area contributed by atoms with E-state index in [0.717, 1.165) is 11.1 Å². The molecule has 3 N–H and O–H groups in total. The molecule has 9 nitrogen and oxygen atoms in total. The second kappa shape index (κ2) is 13.6. The van der Waals surface area contributed by atoms with E-state index in [0.29, 0.717) is 36.2 Å². The van der Waals surface area contributed by atoms with Crippen LogP contribution in [-0.4, -0.2) is 44.2 Å². The first-order chi connectivity index (χ1) is 17.9. The van der Waals surface area contributed by atoms with Gasteiger partial charge in [-0.25, -0.2) is 4.79 Å². The zero-order valence-corrected chi connectivity index (χ0v) is 21.7. The van der Waals surface area contributed by atoms with Crippen molar-refractivity contribution in [2.75, 3.05) is 32.6 Å². The molecule has 3 rings (SSSR count). The molecule has 196 valence electrons. The second-order valence-electron chi connectivity index (χ2n) is 8.14. The molecule has 0 aliphatic rings. The Labute approximate surface area is 217 Å². The lowest BCUT2D eigenvalue weighted by atomic mass is 10.2. The van der Waals surface area contributed by atoms with Crippen molar-refractivity contribution in [2.24, 2.45) is 0 Å². The van der Waals surface area contributed by atoms with Crippen LogP contribution >= 0.6 is 0 Å². The summed E-state index contributed by atoms with van der Waals surface area (Å²) in [5.74, 6) is 1.30. The van der Waals surface area contributed by atoms with E-state index < -0.39 is 6.03 Å². The van der Waals surface area contributed by atoms with Crippen molar-refractivity contribution in [3.63, 3.8) is 0 Å². The third-order valence-corrected chi connectivity index (χ3v) is 5.13. The Morgan fingerprint density at radius 1 is 0.784 bits per heavy atom. The molecule has 0 unspecified atom stereocenters. The third-order valence-electron chi connectivity index (χ3n) is 5.13. The van der Waals surface area contributed by atoms with Crippen LogP contribution in [-0.2, 0) is 13.2 Å². The SMILES string of the molecule is CCOc1c(OCc2ccccc2)cc(OCc2ccccc2)c(OCC)c1NC(=O)NC(=N)N(C)C. The molecule has 0 spiro atoms. The van der Waals surface area contributed by atoms with Gasteiger partial charge < -0.3 is 29.2 Å². The van der Waals surface area contributed by atoms with E-state index in [9.17, 15) is 4.79 Å². The van der Waals surface area contributed by atoms with E-state index in [1.807, 2.05) is 74.5 Å². The Hall–Kier alpha value is -4.40. The van der Waals surface area contributed by atoms with Gasteiger partial charge in [-0.15, -0.1) is 0 Å². The van der Waals surface area contributed by atoms with Crippen LogP contribution < -0.4 is 29.6 Å². The maximum Gasteiger partial charge on any atom is 0.326 e. The Morgan fingerprint density at radius 3 is 1.65 bits per heavy atom. The average Bonchev–Trinajstić information content (AvgIpc) is 2.90. The van der Waals surface area contributed by atoms with E-state index >= 15 is 0 Å². The van der Waals surface area contributed by atoms with Crippen molar-refractivity contribution in [2.45, 2.75) is 27.1 Å². The monoisotopic (exact) mass is 506 g/mol. The molecule has 0 aromatic heterocycles. The molecule has 0 saturated carbocycles. The minimum Gasteiger partial charge on any atom is -0.488 e. The highest BCUT2D eigenvalue weighted by molar-refractivity contribution is 6.03. The maximum atomic E-state index is 12.8. The maximum absolute atomic E-state index is 12.8. The van der Waals surface area contributed by atoms with Crippen LogP contribution in [0.5, 0.6) is 23.0 Å². The fourth-order valence-corrected chi connectivity index (χ4v) is 3.34. The minimum atomic E-state index is -0.630. The van der Waals surface area contributed by atoms with Crippen LogP contribution in [0.25, 0.3) is 0 Å². The molecule has 0 bridgehead atoms. The molecule has 0 aliphatic heterocycles. The summed E-state index contributed by atoms with van der Waals surface area (Å²) in [5.41, 5.74) is 2.19. The number of ether oxygens (including phenoxy) is 4. The summed E-state index contributed by atoms with van der Waals surface area (Å²) < 4.78 is 24.2. The molecule has 9 heteroatoms. The van der Waals surface area contributed by atoms with Gasteiger partial charge in [-0.2, -0.15) is 0 Å². The van der Waals surface area contributed by atoms with Crippen LogP contribution in [0.1, 0.15) is 25.0 Å². The Kier molecular flexibility index (Phi) is 10.0. The zero-order chi connectivity index (χ0) is 26.6. The number of carbonyl (C=O) groups is 1. The number of benzene rings is 3. The van der Waals surface area contributed by atoms with Crippen molar-refractivity contribution in [1.82, 2.24) is 10.2 Å². The van der Waals surface area contributed by atoms with E-state index in [1.165, 1.54) is 4.90 Å². The van der Waals surface area contributed by atoms with E-state index in [1.54, 1.807) is 20.2 Å². The highest BCUT2D eigenvalue weighted by atomic mass is 16.5. The molecular formula is C28H34N4O5. The second-order valence-corrected chi connectivity index (χ2v) is 8.14. The standard InChI is InChI=1S/C28H34N4O5/c1-5-34-25-22(36-18-20-13-9-7-10-14-20)17-23(37-19-21-15-11-8-12-16-21)26(35-6-2)24(25)30-28(33)31-27(29)32(3)4/h7-17H,5-6,18-19H2,1-4H3,(H3,29,30,31,33). The van der Waals surface area contributed by atoms with Gasteiger partial charge in [-0.1, -0.05) is 60.7 Å². The predicted octanol–water partition coefficient (Wildman–Crippen LogP) is 5.26. The topological polar surface area (TPSA) is 105 Å². The van der Waals surface area contributed by atoms with Crippen molar-refractivity contribution in [3.8, 4) is 23.0 Å². The Morgan fingerprint density at radius 2 is 1.24 bits per heavy atom. The molecule has 0 fully saturated rings. The van der Waals surface area contributed by atoms with Gasteiger partial charge in [-0.3, -0.25) is 10.7 Å². The van der Waals surface area contributed by atoms with Gasteiger partial charge in [0.05, 0.1) is 13.2 Å². The van der Waals surface area contributed by atoms with Crippen molar-refractivity contribution in [1.29, 1.82) is 5.41 Å².